The van der Waals surface area contributed by atoms with Crippen LogP contribution in [0, 0.1) is 0 Å². The molecule has 1 atom stereocenters. The van der Waals surface area contributed by atoms with Crippen molar-refractivity contribution in [2.75, 3.05) is 0 Å². The van der Waals surface area contributed by atoms with E-state index in [1.54, 1.807) is 18.3 Å². The van der Waals surface area contributed by atoms with E-state index in [0.717, 1.165) is 16.5 Å². The lowest BCUT2D eigenvalue weighted by atomic mass is 10.1. The van der Waals surface area contributed by atoms with E-state index in [0.29, 0.717) is 10.0 Å². The Balaban J connectivity index is 2.46. The second kappa shape index (κ2) is 4.56. The van der Waals surface area contributed by atoms with Crippen LogP contribution in [0.25, 0.3) is 10.9 Å². The topological polar surface area (TPSA) is 79.1 Å². The Bertz CT molecular complexity index is 580. The number of carbonyl (C=O) groups is 1. The van der Waals surface area contributed by atoms with Gasteiger partial charge in [0.1, 0.15) is 6.04 Å². The van der Waals surface area contributed by atoms with Crippen LogP contribution in [0.3, 0.4) is 0 Å². The molecule has 2 aromatic rings. The number of carboxylic acids is 1. The molecule has 1 aromatic heterocycles. The third-order valence-corrected chi connectivity index (χ3v) is 3.05. The Kier molecular flexibility index (Phi) is 3.28. The molecular formula is C11H10Cl2N2O2. The molecule has 0 fully saturated rings. The number of nitrogens with two attached hydrogens (primary N) is 1. The maximum absolute atomic E-state index is 10.7. The van der Waals surface area contributed by atoms with Gasteiger partial charge in [0.05, 0.1) is 5.02 Å². The number of benzene rings is 1. The Morgan fingerprint density at radius 3 is 2.82 bits per heavy atom. The lowest BCUT2D eigenvalue weighted by Crippen LogP contribution is -2.32. The molecule has 1 aromatic carbocycles. The number of hydrogen-bond donors (Lipinski definition) is 3. The minimum atomic E-state index is -1.04. The van der Waals surface area contributed by atoms with Crippen LogP contribution in [0.1, 0.15) is 5.56 Å². The van der Waals surface area contributed by atoms with Gasteiger partial charge >= 0.3 is 5.97 Å². The van der Waals surface area contributed by atoms with Crippen LogP contribution in [0.5, 0.6) is 0 Å². The summed E-state index contributed by atoms with van der Waals surface area (Å²) in [5.41, 5.74) is 7.04. The second-order valence-electron chi connectivity index (χ2n) is 3.77. The van der Waals surface area contributed by atoms with E-state index in [9.17, 15) is 4.79 Å². The highest BCUT2D eigenvalue weighted by molar-refractivity contribution is 6.38. The average Bonchev–Trinajstić information content (AvgIpc) is 2.60. The number of rotatable bonds is 3. The molecule has 0 radical (unpaired) electrons. The molecule has 0 aliphatic heterocycles. The molecule has 0 aliphatic rings. The standard InChI is InChI=1S/C11H10Cl2N2O2/c12-6-2-7(13)10-5(1-8(14)11(16)17)4-15-9(10)3-6/h2-4,8,15H,1,14H2,(H,16,17). The molecule has 0 spiro atoms. The molecule has 17 heavy (non-hydrogen) atoms. The van der Waals surface area contributed by atoms with Crippen LogP contribution in [0.15, 0.2) is 18.3 Å². The largest absolute Gasteiger partial charge is 0.480 e. The van der Waals surface area contributed by atoms with E-state index in [1.165, 1.54) is 0 Å². The van der Waals surface area contributed by atoms with Crippen LogP contribution in [-0.2, 0) is 11.2 Å². The summed E-state index contributed by atoms with van der Waals surface area (Å²) in [6, 6.07) is 2.41. The first-order valence-electron chi connectivity index (χ1n) is 4.92. The third-order valence-electron chi connectivity index (χ3n) is 2.54. The van der Waals surface area contributed by atoms with Gasteiger partial charge in [-0.15, -0.1) is 0 Å². The van der Waals surface area contributed by atoms with E-state index in [4.69, 9.17) is 34.0 Å². The van der Waals surface area contributed by atoms with Gasteiger partial charge in [-0.25, -0.2) is 0 Å². The summed E-state index contributed by atoms with van der Waals surface area (Å²) in [7, 11) is 0. The summed E-state index contributed by atoms with van der Waals surface area (Å²) >= 11 is 11.9. The van der Waals surface area contributed by atoms with Crippen LogP contribution in [0.2, 0.25) is 10.0 Å². The van der Waals surface area contributed by atoms with Crippen molar-refractivity contribution in [3.05, 3.63) is 33.9 Å². The molecule has 0 saturated carbocycles. The summed E-state index contributed by atoms with van der Waals surface area (Å²) in [6.07, 6.45) is 1.92. The first-order valence-corrected chi connectivity index (χ1v) is 5.68. The molecule has 0 bridgehead atoms. The fourth-order valence-corrected chi connectivity index (χ4v) is 2.35. The van der Waals surface area contributed by atoms with E-state index in [2.05, 4.69) is 4.98 Å². The Morgan fingerprint density at radius 2 is 2.18 bits per heavy atom. The first kappa shape index (κ1) is 12.2. The lowest BCUT2D eigenvalue weighted by Gasteiger charge is -2.05. The maximum Gasteiger partial charge on any atom is 0.320 e. The number of aromatic nitrogens is 1. The third kappa shape index (κ3) is 2.39. The number of carboxylic acid groups (broad SMARTS) is 1. The minimum Gasteiger partial charge on any atom is -0.480 e. The van der Waals surface area contributed by atoms with Crippen molar-refractivity contribution >= 4 is 40.1 Å². The number of halogens is 2. The van der Waals surface area contributed by atoms with Gasteiger partial charge in [0.2, 0.25) is 0 Å². The van der Waals surface area contributed by atoms with Crippen LogP contribution in [-0.4, -0.2) is 22.1 Å². The van der Waals surface area contributed by atoms with Gasteiger partial charge in [-0.3, -0.25) is 4.79 Å². The maximum atomic E-state index is 10.7. The van der Waals surface area contributed by atoms with Crippen molar-refractivity contribution < 1.29 is 9.90 Å². The fourth-order valence-electron chi connectivity index (χ4n) is 1.74. The van der Waals surface area contributed by atoms with Gasteiger partial charge in [-0.2, -0.15) is 0 Å². The summed E-state index contributed by atoms with van der Waals surface area (Å²) < 4.78 is 0. The highest BCUT2D eigenvalue weighted by Gasteiger charge is 2.16. The fraction of sp³-hybridized carbons (Fsp3) is 0.182. The van der Waals surface area contributed by atoms with Crippen molar-refractivity contribution in [3.8, 4) is 0 Å². The first-order chi connectivity index (χ1) is 7.99. The quantitative estimate of drug-likeness (QED) is 0.803. The summed E-state index contributed by atoms with van der Waals surface area (Å²) in [5.74, 6) is -1.04. The SMILES string of the molecule is NC(Cc1c[nH]c2cc(Cl)cc(Cl)c12)C(=O)O. The molecule has 0 aliphatic carbocycles. The molecule has 4 nitrogen and oxygen atoms in total. The van der Waals surface area contributed by atoms with E-state index >= 15 is 0 Å². The van der Waals surface area contributed by atoms with E-state index in [1.807, 2.05) is 0 Å². The van der Waals surface area contributed by atoms with Crippen LogP contribution < -0.4 is 5.73 Å². The minimum absolute atomic E-state index is 0.219. The van der Waals surface area contributed by atoms with Gasteiger partial charge in [-0.05, 0) is 17.7 Å². The number of aliphatic carboxylic acids is 1. The Hall–Kier alpha value is -1.23. The molecule has 90 valence electrons. The predicted molar refractivity (Wildman–Crippen MR) is 67.6 cm³/mol. The van der Waals surface area contributed by atoms with E-state index in [-0.39, 0.29) is 6.42 Å². The monoisotopic (exact) mass is 272 g/mol. The number of aromatic amines is 1. The molecule has 1 unspecified atom stereocenters. The zero-order chi connectivity index (χ0) is 12.6. The van der Waals surface area contributed by atoms with Crippen molar-refractivity contribution in [3.63, 3.8) is 0 Å². The van der Waals surface area contributed by atoms with Gasteiger partial charge in [0.25, 0.3) is 0 Å². The van der Waals surface area contributed by atoms with Gasteiger partial charge in [0, 0.05) is 28.5 Å². The Labute approximate surface area is 107 Å². The summed E-state index contributed by atoms with van der Waals surface area (Å²) in [6.45, 7) is 0. The van der Waals surface area contributed by atoms with Crippen molar-refractivity contribution in [1.82, 2.24) is 4.98 Å². The van der Waals surface area contributed by atoms with Crippen molar-refractivity contribution in [2.24, 2.45) is 5.73 Å². The smallest absolute Gasteiger partial charge is 0.320 e. The number of H-pyrrole nitrogens is 1. The highest BCUT2D eigenvalue weighted by Crippen LogP contribution is 2.30. The molecule has 6 heteroatoms. The number of hydrogen-bond acceptors (Lipinski definition) is 2. The average molecular weight is 273 g/mol. The number of fused-ring (bicyclic) bond motifs is 1. The molecule has 4 N–H and O–H groups in total. The molecule has 1 heterocycles. The van der Waals surface area contributed by atoms with Crippen LogP contribution in [0.4, 0.5) is 0 Å². The van der Waals surface area contributed by atoms with Crippen molar-refractivity contribution in [2.45, 2.75) is 12.5 Å². The molecule has 0 amide bonds. The van der Waals surface area contributed by atoms with Gasteiger partial charge < -0.3 is 15.8 Å². The molecule has 0 saturated heterocycles. The second-order valence-corrected chi connectivity index (χ2v) is 4.62. The van der Waals surface area contributed by atoms with E-state index < -0.39 is 12.0 Å². The van der Waals surface area contributed by atoms with Gasteiger partial charge in [0.15, 0.2) is 0 Å². The zero-order valence-corrected chi connectivity index (χ0v) is 10.2. The highest BCUT2D eigenvalue weighted by atomic mass is 35.5. The zero-order valence-electron chi connectivity index (χ0n) is 8.71. The normalized spacial score (nSPS) is 12.9. The van der Waals surface area contributed by atoms with Crippen molar-refractivity contribution in [1.29, 1.82) is 0 Å². The summed E-state index contributed by atoms with van der Waals surface area (Å²) in [5, 5.41) is 10.6. The summed E-state index contributed by atoms with van der Waals surface area (Å²) in [4.78, 5) is 13.7. The number of nitrogens with one attached hydrogen (secondary N) is 1. The predicted octanol–water partition coefficient (Wildman–Crippen LogP) is 2.43. The molecular weight excluding hydrogens is 263 g/mol. The Morgan fingerprint density at radius 1 is 1.47 bits per heavy atom. The van der Waals surface area contributed by atoms with Gasteiger partial charge in [-0.1, -0.05) is 23.2 Å². The lowest BCUT2D eigenvalue weighted by molar-refractivity contribution is -0.138. The van der Waals surface area contributed by atoms with Crippen LogP contribution >= 0.6 is 23.2 Å². The molecule has 2 rings (SSSR count).